The third-order valence-corrected chi connectivity index (χ3v) is 1.98. The van der Waals surface area contributed by atoms with E-state index in [1.807, 2.05) is 37.3 Å². The minimum Gasteiger partial charge on any atom is -0.215 e. The molecule has 0 amide bonds. The van der Waals surface area contributed by atoms with E-state index in [0.29, 0.717) is 0 Å². The van der Waals surface area contributed by atoms with Crippen molar-refractivity contribution in [3.05, 3.63) is 42.2 Å². The van der Waals surface area contributed by atoms with Crippen molar-refractivity contribution in [2.24, 2.45) is 0 Å². The lowest BCUT2D eigenvalue weighted by atomic mass is 10.1. The first-order valence-electron chi connectivity index (χ1n) is 4.08. The molecule has 2 aromatic rings. The molecule has 1 heterocycles. The van der Waals surface area contributed by atoms with Crippen LogP contribution in [0.3, 0.4) is 0 Å². The van der Waals surface area contributed by atoms with Crippen molar-refractivity contribution in [1.82, 2.24) is 20.2 Å². The summed E-state index contributed by atoms with van der Waals surface area (Å²) in [6.45, 7) is 2.03. The molecule has 0 fully saturated rings. The highest BCUT2D eigenvalue weighted by molar-refractivity contribution is 5.18. The molecular formula is C9H9N4. The number of nitrogens with zero attached hydrogens (tertiary/aromatic N) is 4. The van der Waals surface area contributed by atoms with E-state index in [2.05, 4.69) is 21.9 Å². The summed E-state index contributed by atoms with van der Waals surface area (Å²) in [7, 11) is 0. The number of hydrogen-bond donors (Lipinski definition) is 0. The Labute approximate surface area is 76.2 Å². The fourth-order valence-electron chi connectivity index (χ4n) is 1.19. The smallest absolute Gasteiger partial charge is 0.215 e. The van der Waals surface area contributed by atoms with E-state index >= 15 is 0 Å². The summed E-state index contributed by atoms with van der Waals surface area (Å²) in [4.78, 5) is 0. The zero-order valence-electron chi connectivity index (χ0n) is 7.25. The zero-order chi connectivity index (χ0) is 9.10. The van der Waals surface area contributed by atoms with Crippen LogP contribution in [0.15, 0.2) is 30.3 Å². The van der Waals surface area contributed by atoms with Crippen molar-refractivity contribution < 1.29 is 0 Å². The minimum absolute atomic E-state index is 0.135. The van der Waals surface area contributed by atoms with Crippen molar-refractivity contribution >= 4 is 0 Å². The van der Waals surface area contributed by atoms with Crippen LogP contribution in [-0.2, 0) is 0 Å². The number of aromatic nitrogens is 4. The van der Waals surface area contributed by atoms with Crippen molar-refractivity contribution in [3.8, 4) is 0 Å². The Morgan fingerprint density at radius 1 is 1.31 bits per heavy atom. The van der Waals surface area contributed by atoms with Crippen LogP contribution in [0.2, 0.25) is 0 Å². The van der Waals surface area contributed by atoms with Gasteiger partial charge in [-0.05, 0) is 22.9 Å². The summed E-state index contributed by atoms with van der Waals surface area (Å²) < 4.78 is 1.61. The molecule has 2 rings (SSSR count). The Hall–Kier alpha value is -1.71. The molecule has 0 bridgehead atoms. The van der Waals surface area contributed by atoms with Crippen LogP contribution in [0.1, 0.15) is 18.5 Å². The van der Waals surface area contributed by atoms with Crippen molar-refractivity contribution in [2.45, 2.75) is 13.0 Å². The molecule has 13 heavy (non-hydrogen) atoms. The first-order chi connectivity index (χ1) is 6.38. The standard InChI is InChI=1S/C9H9N4/c1-8(13-7-10-11-12-13)9-5-3-2-4-6-9/h2-6,8H,1H3. The largest absolute Gasteiger partial charge is 0.222 e. The van der Waals surface area contributed by atoms with Crippen LogP contribution in [-0.4, -0.2) is 20.2 Å². The van der Waals surface area contributed by atoms with Gasteiger partial charge in [-0.15, -0.1) is 5.10 Å². The predicted octanol–water partition coefficient (Wildman–Crippen LogP) is 1.08. The van der Waals surface area contributed by atoms with Gasteiger partial charge < -0.3 is 0 Å². The lowest BCUT2D eigenvalue weighted by Crippen LogP contribution is -2.07. The molecule has 1 unspecified atom stereocenters. The second-order valence-electron chi connectivity index (χ2n) is 2.81. The summed E-state index contributed by atoms with van der Waals surface area (Å²) in [6, 6.07) is 10.2. The predicted molar refractivity (Wildman–Crippen MR) is 46.9 cm³/mol. The van der Waals surface area contributed by atoms with E-state index in [-0.39, 0.29) is 6.04 Å². The van der Waals surface area contributed by atoms with Crippen molar-refractivity contribution in [3.63, 3.8) is 0 Å². The summed E-state index contributed by atoms with van der Waals surface area (Å²) in [6.07, 6.45) is 2.68. The molecule has 0 N–H and O–H groups in total. The Kier molecular flexibility index (Phi) is 2.04. The highest BCUT2D eigenvalue weighted by atomic mass is 15.5. The molecule has 0 saturated heterocycles. The average molecular weight is 173 g/mol. The van der Waals surface area contributed by atoms with Gasteiger partial charge in [0, 0.05) is 0 Å². The van der Waals surface area contributed by atoms with E-state index in [1.165, 1.54) is 5.56 Å². The van der Waals surface area contributed by atoms with Gasteiger partial charge in [0.2, 0.25) is 6.33 Å². The Morgan fingerprint density at radius 2 is 2.08 bits per heavy atom. The van der Waals surface area contributed by atoms with Gasteiger partial charge in [0.25, 0.3) is 0 Å². The second-order valence-corrected chi connectivity index (χ2v) is 2.81. The molecule has 1 aromatic heterocycles. The van der Waals surface area contributed by atoms with E-state index in [0.717, 1.165) is 0 Å². The second kappa shape index (κ2) is 3.35. The Balaban J connectivity index is 2.29. The van der Waals surface area contributed by atoms with E-state index in [1.54, 1.807) is 4.68 Å². The summed E-state index contributed by atoms with van der Waals surface area (Å²) >= 11 is 0. The molecular weight excluding hydrogens is 164 g/mol. The first-order valence-corrected chi connectivity index (χ1v) is 4.08. The summed E-state index contributed by atoms with van der Waals surface area (Å²) in [5, 5.41) is 10.8. The molecule has 0 aliphatic carbocycles. The fraction of sp³-hybridized carbons (Fsp3) is 0.222. The number of tetrazole rings is 1. The highest BCUT2D eigenvalue weighted by Gasteiger charge is 2.07. The van der Waals surface area contributed by atoms with Gasteiger partial charge in [0.15, 0.2) is 0 Å². The Morgan fingerprint density at radius 3 is 2.69 bits per heavy atom. The number of rotatable bonds is 2. The minimum atomic E-state index is 0.135. The molecule has 0 aliphatic heterocycles. The van der Waals surface area contributed by atoms with Gasteiger partial charge in [-0.2, -0.15) is 0 Å². The van der Waals surface area contributed by atoms with Crippen LogP contribution in [0.25, 0.3) is 0 Å². The van der Waals surface area contributed by atoms with Gasteiger partial charge in [-0.3, -0.25) is 0 Å². The number of benzene rings is 1. The lowest BCUT2D eigenvalue weighted by molar-refractivity contribution is 0.540. The van der Waals surface area contributed by atoms with Crippen LogP contribution in [0.5, 0.6) is 0 Å². The molecule has 65 valence electrons. The maximum absolute atomic E-state index is 3.79. The third kappa shape index (κ3) is 1.56. The van der Waals surface area contributed by atoms with Crippen LogP contribution < -0.4 is 0 Å². The summed E-state index contributed by atoms with van der Waals surface area (Å²) in [5.41, 5.74) is 1.17. The maximum Gasteiger partial charge on any atom is 0.222 e. The molecule has 0 saturated carbocycles. The maximum atomic E-state index is 3.79. The number of hydrogen-bond acceptors (Lipinski definition) is 3. The van der Waals surface area contributed by atoms with Gasteiger partial charge in [-0.1, -0.05) is 30.3 Å². The third-order valence-electron chi connectivity index (χ3n) is 1.98. The SMILES string of the molecule is CC(c1ccccc1)n1[c]nnn1. The quantitative estimate of drug-likeness (QED) is 0.682. The monoisotopic (exact) mass is 173 g/mol. The average Bonchev–Trinajstić information content (AvgIpc) is 2.71. The molecule has 0 spiro atoms. The van der Waals surface area contributed by atoms with Gasteiger partial charge in [-0.25, -0.2) is 4.68 Å². The molecule has 1 aromatic carbocycles. The molecule has 4 nitrogen and oxygen atoms in total. The normalized spacial score (nSPS) is 12.7. The van der Waals surface area contributed by atoms with Gasteiger partial charge in [0.05, 0.1) is 6.04 Å². The van der Waals surface area contributed by atoms with E-state index in [4.69, 9.17) is 0 Å². The lowest BCUT2D eigenvalue weighted by Gasteiger charge is -2.09. The molecule has 0 aliphatic rings. The Bertz CT molecular complexity index is 354. The van der Waals surface area contributed by atoms with Crippen molar-refractivity contribution in [1.29, 1.82) is 0 Å². The molecule has 4 heteroatoms. The summed E-state index contributed by atoms with van der Waals surface area (Å²) in [5.74, 6) is 0. The van der Waals surface area contributed by atoms with Crippen LogP contribution >= 0.6 is 0 Å². The topological polar surface area (TPSA) is 43.6 Å². The van der Waals surface area contributed by atoms with Gasteiger partial charge >= 0.3 is 0 Å². The van der Waals surface area contributed by atoms with Crippen LogP contribution in [0.4, 0.5) is 0 Å². The van der Waals surface area contributed by atoms with Crippen molar-refractivity contribution in [2.75, 3.05) is 0 Å². The van der Waals surface area contributed by atoms with Gasteiger partial charge in [0.1, 0.15) is 0 Å². The molecule has 1 radical (unpaired) electrons. The van der Waals surface area contributed by atoms with E-state index in [9.17, 15) is 0 Å². The van der Waals surface area contributed by atoms with Crippen LogP contribution in [0, 0.1) is 6.33 Å². The highest BCUT2D eigenvalue weighted by Crippen LogP contribution is 2.14. The zero-order valence-corrected chi connectivity index (χ0v) is 7.25. The van der Waals surface area contributed by atoms with E-state index < -0.39 is 0 Å². The first kappa shape index (κ1) is 7.91. The molecule has 1 atom stereocenters. The fourth-order valence-corrected chi connectivity index (χ4v) is 1.19.